The first kappa shape index (κ1) is 33.3. The average Bonchev–Trinajstić information content (AvgIpc) is 3.66. The molecule has 0 amide bonds. The highest BCUT2D eigenvalue weighted by Crippen LogP contribution is 2.38. The number of aromatic nitrogens is 2. The van der Waals surface area contributed by atoms with Crippen molar-refractivity contribution in [3.8, 4) is 12.3 Å². The van der Waals surface area contributed by atoms with Gasteiger partial charge in [0.05, 0.1) is 22.3 Å². The summed E-state index contributed by atoms with van der Waals surface area (Å²) in [6, 6.07) is 32.3. The largest absolute Gasteiger partial charge is 0.459 e. The van der Waals surface area contributed by atoms with Crippen molar-refractivity contribution in [2.24, 2.45) is 0 Å². The van der Waals surface area contributed by atoms with Crippen LogP contribution in [0.3, 0.4) is 0 Å². The number of ether oxygens (including phenoxy) is 5. The number of carbonyl (C=O) groups is 4. The van der Waals surface area contributed by atoms with Crippen LogP contribution < -0.4 is 0 Å². The summed E-state index contributed by atoms with van der Waals surface area (Å²) >= 11 is 0. The molecule has 5 aromatic rings. The molecule has 0 saturated carbocycles. The van der Waals surface area contributed by atoms with E-state index < -0.39 is 61.0 Å². The van der Waals surface area contributed by atoms with Crippen molar-refractivity contribution < 1.29 is 47.3 Å². The lowest BCUT2D eigenvalue weighted by Crippen LogP contribution is -2.60. The second-order valence-corrected chi connectivity index (χ2v) is 10.9. The molecule has 5 atom stereocenters. The Morgan fingerprint density at radius 2 is 1.00 bits per heavy atom. The molecule has 1 aliphatic rings. The summed E-state index contributed by atoms with van der Waals surface area (Å²) in [5.41, 5.74) is 0.716. The van der Waals surface area contributed by atoms with Crippen molar-refractivity contribution in [3.63, 3.8) is 0 Å². The lowest BCUT2D eigenvalue weighted by atomic mass is 9.93. The molecule has 12 heteroatoms. The molecule has 0 N–H and O–H groups in total. The van der Waals surface area contributed by atoms with E-state index in [9.17, 15) is 19.2 Å². The van der Waals surface area contributed by atoms with Gasteiger partial charge in [0.2, 0.25) is 5.89 Å². The van der Waals surface area contributed by atoms with Crippen LogP contribution in [0.15, 0.2) is 126 Å². The van der Waals surface area contributed by atoms with E-state index in [2.05, 4.69) is 16.1 Å². The SMILES string of the molecule is C#Cc1nnc([C@@H]2O[C@H](COC(=O)c3ccccc3)[C@@H](OC(=O)c3ccccc3)[C@H](OC(=O)c3ccccc3)[C@H]2OC(=O)c2ccccc2)o1. The molecule has 0 spiro atoms. The molecule has 1 aromatic heterocycles. The number of nitrogens with zero attached hydrogens (tertiary/aromatic N) is 2. The van der Waals surface area contributed by atoms with Gasteiger partial charge in [-0.2, -0.15) is 0 Å². The molecule has 2 heterocycles. The number of benzene rings is 4. The molecule has 1 saturated heterocycles. The fourth-order valence-corrected chi connectivity index (χ4v) is 5.17. The molecule has 4 aromatic carbocycles. The van der Waals surface area contributed by atoms with Crippen LogP contribution in [-0.2, 0) is 23.7 Å². The Morgan fingerprint density at radius 3 is 1.44 bits per heavy atom. The van der Waals surface area contributed by atoms with Crippen molar-refractivity contribution in [2.75, 3.05) is 6.61 Å². The van der Waals surface area contributed by atoms with Gasteiger partial charge in [-0.05, 0) is 54.5 Å². The third-order valence-corrected chi connectivity index (χ3v) is 7.59. The highest BCUT2D eigenvalue weighted by molar-refractivity contribution is 5.91. The van der Waals surface area contributed by atoms with Crippen LogP contribution in [-0.4, -0.2) is 65.1 Å². The minimum absolute atomic E-state index is 0.149. The number of rotatable bonds is 10. The first-order valence-corrected chi connectivity index (χ1v) is 15.4. The minimum atomic E-state index is -1.58. The third-order valence-electron chi connectivity index (χ3n) is 7.59. The molecule has 50 heavy (non-hydrogen) atoms. The van der Waals surface area contributed by atoms with Crippen LogP contribution in [0.2, 0.25) is 0 Å². The zero-order valence-electron chi connectivity index (χ0n) is 26.2. The van der Waals surface area contributed by atoms with E-state index in [-0.39, 0.29) is 34.0 Å². The summed E-state index contributed by atoms with van der Waals surface area (Å²) in [5.74, 6) is -1.42. The Morgan fingerprint density at radius 1 is 0.580 bits per heavy atom. The van der Waals surface area contributed by atoms with Gasteiger partial charge in [0.25, 0.3) is 5.89 Å². The van der Waals surface area contributed by atoms with Crippen molar-refractivity contribution in [3.05, 3.63) is 155 Å². The van der Waals surface area contributed by atoms with Crippen molar-refractivity contribution >= 4 is 23.9 Å². The summed E-state index contributed by atoms with van der Waals surface area (Å²) in [4.78, 5) is 53.8. The summed E-state index contributed by atoms with van der Waals surface area (Å²) in [6.45, 7) is -0.508. The van der Waals surface area contributed by atoms with E-state index in [4.69, 9.17) is 34.5 Å². The Labute approximate surface area is 285 Å². The van der Waals surface area contributed by atoms with Gasteiger partial charge in [0.1, 0.15) is 12.7 Å². The summed E-state index contributed by atoms with van der Waals surface area (Å²) in [5, 5.41) is 7.80. The molecule has 0 radical (unpaired) electrons. The van der Waals surface area contributed by atoms with Gasteiger partial charge in [0.15, 0.2) is 24.4 Å². The van der Waals surface area contributed by atoms with Crippen LogP contribution in [0.1, 0.15) is 59.3 Å². The quantitative estimate of drug-likeness (QED) is 0.111. The van der Waals surface area contributed by atoms with Crippen LogP contribution in [0.4, 0.5) is 0 Å². The lowest BCUT2D eigenvalue weighted by molar-refractivity contribution is -0.236. The predicted molar refractivity (Wildman–Crippen MR) is 174 cm³/mol. The molecule has 12 nitrogen and oxygen atoms in total. The number of terminal acetylenes is 1. The molecule has 250 valence electrons. The van der Waals surface area contributed by atoms with Crippen molar-refractivity contribution in [1.29, 1.82) is 0 Å². The van der Waals surface area contributed by atoms with Crippen LogP contribution >= 0.6 is 0 Å². The molecular formula is C38H28N2O10. The Kier molecular flexibility index (Phi) is 10.4. The molecule has 0 bridgehead atoms. The van der Waals surface area contributed by atoms with Gasteiger partial charge in [0, 0.05) is 0 Å². The first-order chi connectivity index (χ1) is 24.4. The maximum atomic E-state index is 13.7. The van der Waals surface area contributed by atoms with E-state index >= 15 is 0 Å². The maximum absolute atomic E-state index is 13.7. The number of esters is 4. The predicted octanol–water partition coefficient (Wildman–Crippen LogP) is 5.02. The zero-order valence-corrected chi connectivity index (χ0v) is 26.2. The van der Waals surface area contributed by atoms with Crippen molar-refractivity contribution in [2.45, 2.75) is 30.5 Å². The van der Waals surface area contributed by atoms with Gasteiger partial charge in [-0.15, -0.1) is 11.5 Å². The summed E-state index contributed by atoms with van der Waals surface area (Å²) in [7, 11) is 0. The topological polar surface area (TPSA) is 153 Å². The highest BCUT2D eigenvalue weighted by Gasteiger charge is 2.55. The number of carbonyl (C=O) groups excluding carboxylic acids is 4. The molecule has 0 aliphatic carbocycles. The lowest BCUT2D eigenvalue weighted by Gasteiger charge is -2.43. The first-order valence-electron chi connectivity index (χ1n) is 15.4. The van der Waals surface area contributed by atoms with Gasteiger partial charge in [-0.25, -0.2) is 19.2 Å². The molecule has 6 rings (SSSR count). The fraction of sp³-hybridized carbons (Fsp3) is 0.158. The summed E-state index contributed by atoms with van der Waals surface area (Å²) < 4.78 is 35.6. The minimum Gasteiger partial charge on any atom is -0.459 e. The number of hydrogen-bond acceptors (Lipinski definition) is 12. The third kappa shape index (κ3) is 7.75. The molecule has 0 unspecified atom stereocenters. The van der Waals surface area contributed by atoms with Gasteiger partial charge < -0.3 is 28.1 Å². The van der Waals surface area contributed by atoms with Gasteiger partial charge in [-0.3, -0.25) is 0 Å². The Bertz CT molecular complexity index is 1980. The average molecular weight is 673 g/mol. The zero-order chi connectivity index (χ0) is 34.9. The Hall–Kier alpha value is -6.58. The molecular weight excluding hydrogens is 644 g/mol. The molecule has 1 fully saturated rings. The fourth-order valence-electron chi connectivity index (χ4n) is 5.17. The van der Waals surface area contributed by atoms with E-state index in [1.165, 1.54) is 36.4 Å². The van der Waals surface area contributed by atoms with E-state index in [0.29, 0.717) is 0 Å². The Balaban J connectivity index is 1.43. The monoisotopic (exact) mass is 672 g/mol. The summed E-state index contributed by atoms with van der Waals surface area (Å²) in [6.07, 6.45) is -1.95. The molecule has 1 aliphatic heterocycles. The smallest absolute Gasteiger partial charge is 0.338 e. The maximum Gasteiger partial charge on any atom is 0.338 e. The second kappa shape index (κ2) is 15.5. The van der Waals surface area contributed by atoms with Gasteiger partial charge >= 0.3 is 23.9 Å². The normalized spacial score (nSPS) is 19.7. The van der Waals surface area contributed by atoms with E-state index in [0.717, 1.165) is 0 Å². The van der Waals surface area contributed by atoms with Crippen LogP contribution in [0, 0.1) is 12.3 Å². The second-order valence-electron chi connectivity index (χ2n) is 10.9. The van der Waals surface area contributed by atoms with Gasteiger partial charge in [-0.1, -0.05) is 77.9 Å². The van der Waals surface area contributed by atoms with Crippen LogP contribution in [0.25, 0.3) is 0 Å². The van der Waals surface area contributed by atoms with E-state index in [1.807, 2.05) is 0 Å². The highest BCUT2D eigenvalue weighted by atomic mass is 16.7. The van der Waals surface area contributed by atoms with E-state index in [1.54, 1.807) is 84.9 Å². The van der Waals surface area contributed by atoms with Crippen molar-refractivity contribution in [1.82, 2.24) is 10.2 Å². The number of hydrogen-bond donors (Lipinski definition) is 0. The van der Waals surface area contributed by atoms with Crippen LogP contribution in [0.5, 0.6) is 0 Å². The standard InChI is InChI=1S/C38H28N2O10/c1-2-29-39-40-34(47-29)33-32(50-38(44)27-21-13-6-14-22-27)31(49-37(43)26-19-11-5-12-20-26)30(48-36(42)25-17-9-4-10-18-25)28(46-33)23-45-35(41)24-15-7-3-8-16-24/h1,3-22,28,30-33H,23H2/t28-,30-,31+,32-,33-/m1/s1.